The summed E-state index contributed by atoms with van der Waals surface area (Å²) in [7, 11) is 0. The summed E-state index contributed by atoms with van der Waals surface area (Å²) in [6, 6.07) is 8.26. The summed E-state index contributed by atoms with van der Waals surface area (Å²) in [6.45, 7) is 5.45. The Kier molecular flexibility index (Phi) is 4.53. The van der Waals surface area contributed by atoms with Crippen LogP contribution in [0.4, 0.5) is 9.93 Å². The van der Waals surface area contributed by atoms with E-state index in [9.17, 15) is 4.79 Å². The van der Waals surface area contributed by atoms with Crippen LogP contribution in [0.2, 0.25) is 0 Å². The summed E-state index contributed by atoms with van der Waals surface area (Å²) >= 11 is 1.72. The Hall–Kier alpha value is -1.86. The van der Waals surface area contributed by atoms with Gasteiger partial charge in [-0.05, 0) is 18.6 Å². The van der Waals surface area contributed by atoms with Gasteiger partial charge in [-0.1, -0.05) is 23.5 Å². The number of aromatic nitrogens is 1. The Labute approximate surface area is 145 Å². The smallest absolute Gasteiger partial charge is 0.317 e. The first-order chi connectivity index (χ1) is 11.8. The van der Waals surface area contributed by atoms with Gasteiger partial charge in [-0.15, -0.1) is 0 Å². The van der Waals surface area contributed by atoms with Gasteiger partial charge in [0.05, 0.1) is 16.8 Å². The fraction of sp³-hybridized carbons (Fsp3) is 0.529. The van der Waals surface area contributed by atoms with Crippen molar-refractivity contribution < 1.29 is 9.53 Å². The van der Waals surface area contributed by atoms with Gasteiger partial charge in [0.2, 0.25) is 0 Å². The van der Waals surface area contributed by atoms with Crippen molar-refractivity contribution in [3.05, 3.63) is 24.3 Å². The Morgan fingerprint density at radius 1 is 1.29 bits per heavy atom. The predicted octanol–water partition coefficient (Wildman–Crippen LogP) is 2.16. The van der Waals surface area contributed by atoms with E-state index < -0.39 is 0 Å². The number of carbonyl (C=O) groups is 1. The zero-order valence-corrected chi connectivity index (χ0v) is 14.4. The van der Waals surface area contributed by atoms with Crippen molar-refractivity contribution in [3.63, 3.8) is 0 Å². The minimum Gasteiger partial charge on any atom is -0.381 e. The Balaban J connectivity index is 1.30. The number of hydrogen-bond donors (Lipinski definition) is 1. The van der Waals surface area contributed by atoms with Crippen molar-refractivity contribution in [2.45, 2.75) is 6.42 Å². The van der Waals surface area contributed by atoms with Gasteiger partial charge in [-0.25, -0.2) is 9.78 Å². The summed E-state index contributed by atoms with van der Waals surface area (Å²) in [5, 5.41) is 4.10. The van der Waals surface area contributed by atoms with E-state index in [0.29, 0.717) is 5.92 Å². The van der Waals surface area contributed by atoms with Gasteiger partial charge in [-0.3, -0.25) is 0 Å². The SMILES string of the molecule is O=C(NC[C@H]1CCOC1)N1CCN(c2nc3ccccc3s2)CC1. The van der Waals surface area contributed by atoms with Crippen LogP contribution in [0.1, 0.15) is 6.42 Å². The molecule has 1 N–H and O–H groups in total. The number of rotatable bonds is 3. The molecule has 24 heavy (non-hydrogen) atoms. The highest BCUT2D eigenvalue weighted by Gasteiger charge is 2.24. The second-order valence-electron chi connectivity index (χ2n) is 6.35. The van der Waals surface area contributed by atoms with Gasteiger partial charge in [-0.2, -0.15) is 0 Å². The van der Waals surface area contributed by atoms with E-state index in [1.54, 1.807) is 11.3 Å². The van der Waals surface area contributed by atoms with E-state index in [1.807, 2.05) is 23.1 Å². The highest BCUT2D eigenvalue weighted by atomic mass is 32.1. The summed E-state index contributed by atoms with van der Waals surface area (Å²) in [4.78, 5) is 21.2. The molecule has 2 fully saturated rings. The number of amides is 2. The highest BCUT2D eigenvalue weighted by molar-refractivity contribution is 7.22. The third kappa shape index (κ3) is 3.32. The number of ether oxygens (including phenoxy) is 1. The molecule has 0 saturated carbocycles. The first-order valence-corrected chi connectivity index (χ1v) is 9.32. The summed E-state index contributed by atoms with van der Waals surface area (Å²) in [5.41, 5.74) is 1.05. The number of anilines is 1. The summed E-state index contributed by atoms with van der Waals surface area (Å²) < 4.78 is 6.56. The number of piperazine rings is 1. The number of carbonyl (C=O) groups excluding carboxylic acids is 1. The molecule has 2 aliphatic rings. The Morgan fingerprint density at radius 2 is 2.12 bits per heavy atom. The predicted molar refractivity (Wildman–Crippen MR) is 95.7 cm³/mol. The van der Waals surface area contributed by atoms with E-state index in [1.165, 1.54) is 4.70 Å². The molecular weight excluding hydrogens is 324 g/mol. The molecule has 4 rings (SSSR count). The van der Waals surface area contributed by atoms with Gasteiger partial charge in [0.15, 0.2) is 5.13 Å². The normalized spacial score (nSPS) is 21.4. The molecule has 0 radical (unpaired) electrons. The van der Waals surface area contributed by atoms with E-state index in [0.717, 1.165) is 63.0 Å². The second-order valence-corrected chi connectivity index (χ2v) is 7.36. The van der Waals surface area contributed by atoms with Crippen molar-refractivity contribution in [2.24, 2.45) is 5.92 Å². The van der Waals surface area contributed by atoms with Crippen LogP contribution in [0.25, 0.3) is 10.2 Å². The topological polar surface area (TPSA) is 57.7 Å². The van der Waals surface area contributed by atoms with E-state index >= 15 is 0 Å². The molecule has 0 spiro atoms. The largest absolute Gasteiger partial charge is 0.381 e. The number of nitrogens with one attached hydrogen (secondary N) is 1. The fourth-order valence-electron chi connectivity index (χ4n) is 3.18. The van der Waals surface area contributed by atoms with Crippen molar-refractivity contribution in [2.75, 3.05) is 50.8 Å². The standard InChI is InChI=1S/C17H22N4O2S/c22-16(18-11-13-5-10-23-12-13)20-6-8-21(9-7-20)17-19-14-3-1-2-4-15(14)24-17/h1-4,13H,5-12H2,(H,18,22)/t13-/m1/s1. The zero-order valence-electron chi connectivity index (χ0n) is 13.6. The number of nitrogens with zero attached hydrogens (tertiary/aromatic N) is 3. The van der Waals surface area contributed by atoms with E-state index in [-0.39, 0.29) is 6.03 Å². The molecule has 2 aliphatic heterocycles. The number of thiazole rings is 1. The molecule has 128 valence electrons. The molecule has 2 aromatic rings. The van der Waals surface area contributed by atoms with Crippen LogP contribution in [-0.2, 0) is 4.74 Å². The van der Waals surface area contributed by atoms with E-state index in [4.69, 9.17) is 9.72 Å². The van der Waals surface area contributed by atoms with Crippen LogP contribution in [0, 0.1) is 5.92 Å². The summed E-state index contributed by atoms with van der Waals surface area (Å²) in [5.74, 6) is 0.470. The lowest BCUT2D eigenvalue weighted by Crippen LogP contribution is -2.52. The minimum absolute atomic E-state index is 0.0471. The molecule has 1 aromatic carbocycles. The molecule has 0 unspecified atom stereocenters. The molecule has 2 saturated heterocycles. The second kappa shape index (κ2) is 6.94. The molecule has 7 heteroatoms. The van der Waals surface area contributed by atoms with Gasteiger partial charge < -0.3 is 19.9 Å². The Bertz CT molecular complexity index is 672. The van der Waals surface area contributed by atoms with Crippen LogP contribution < -0.4 is 10.2 Å². The quantitative estimate of drug-likeness (QED) is 0.925. The van der Waals surface area contributed by atoms with Crippen LogP contribution in [0.3, 0.4) is 0 Å². The molecule has 6 nitrogen and oxygen atoms in total. The molecule has 2 amide bonds. The minimum atomic E-state index is 0.0471. The van der Waals surface area contributed by atoms with Gasteiger partial charge >= 0.3 is 6.03 Å². The number of para-hydroxylation sites is 1. The number of fused-ring (bicyclic) bond motifs is 1. The van der Waals surface area contributed by atoms with E-state index in [2.05, 4.69) is 16.3 Å². The monoisotopic (exact) mass is 346 g/mol. The summed E-state index contributed by atoms with van der Waals surface area (Å²) in [6.07, 6.45) is 1.05. The molecule has 1 atom stereocenters. The van der Waals surface area contributed by atoms with Crippen LogP contribution in [0.5, 0.6) is 0 Å². The maximum absolute atomic E-state index is 12.3. The lowest BCUT2D eigenvalue weighted by molar-refractivity contribution is 0.179. The third-order valence-electron chi connectivity index (χ3n) is 4.69. The van der Waals surface area contributed by atoms with Gasteiger partial charge in [0.25, 0.3) is 0 Å². The van der Waals surface area contributed by atoms with Crippen molar-refractivity contribution in [1.29, 1.82) is 0 Å². The zero-order chi connectivity index (χ0) is 16.4. The molecule has 0 bridgehead atoms. The molecular formula is C17H22N4O2S. The maximum atomic E-state index is 12.3. The lowest BCUT2D eigenvalue weighted by atomic mass is 10.1. The third-order valence-corrected chi connectivity index (χ3v) is 5.78. The molecule has 3 heterocycles. The lowest BCUT2D eigenvalue weighted by Gasteiger charge is -2.34. The van der Waals surface area contributed by atoms with Crippen LogP contribution >= 0.6 is 11.3 Å². The number of hydrogen-bond acceptors (Lipinski definition) is 5. The first-order valence-electron chi connectivity index (χ1n) is 8.50. The molecule has 0 aliphatic carbocycles. The average Bonchev–Trinajstić information content (AvgIpc) is 3.29. The van der Waals surface area contributed by atoms with Crippen molar-refractivity contribution in [1.82, 2.24) is 15.2 Å². The fourth-order valence-corrected chi connectivity index (χ4v) is 4.20. The van der Waals surface area contributed by atoms with Crippen molar-refractivity contribution >= 4 is 32.7 Å². The molecule has 1 aromatic heterocycles. The maximum Gasteiger partial charge on any atom is 0.317 e. The average molecular weight is 346 g/mol. The first kappa shape index (κ1) is 15.7. The highest BCUT2D eigenvalue weighted by Crippen LogP contribution is 2.29. The number of urea groups is 1. The van der Waals surface area contributed by atoms with Gasteiger partial charge in [0.1, 0.15) is 0 Å². The van der Waals surface area contributed by atoms with Crippen LogP contribution in [0.15, 0.2) is 24.3 Å². The van der Waals surface area contributed by atoms with Gasteiger partial charge in [0, 0.05) is 45.2 Å². The van der Waals surface area contributed by atoms with Crippen molar-refractivity contribution in [3.8, 4) is 0 Å². The number of benzene rings is 1. The van der Waals surface area contributed by atoms with Crippen LogP contribution in [-0.4, -0.2) is 61.9 Å². The Morgan fingerprint density at radius 3 is 2.88 bits per heavy atom.